The summed E-state index contributed by atoms with van der Waals surface area (Å²) < 4.78 is 5.44. The van der Waals surface area contributed by atoms with Gasteiger partial charge in [-0.05, 0) is 31.0 Å². The Bertz CT molecular complexity index is 366. The van der Waals surface area contributed by atoms with Crippen LogP contribution >= 0.6 is 15.9 Å². The van der Waals surface area contributed by atoms with Crippen LogP contribution in [-0.4, -0.2) is 17.8 Å². The smallest absolute Gasteiger partial charge is 0.221 e. The maximum absolute atomic E-state index is 11.1. The summed E-state index contributed by atoms with van der Waals surface area (Å²) in [7, 11) is 0. The molecule has 0 aliphatic carbocycles. The van der Waals surface area contributed by atoms with Crippen LogP contribution in [0, 0.1) is 0 Å². The van der Waals surface area contributed by atoms with E-state index in [-0.39, 0.29) is 5.91 Å². The second-order valence-corrected chi connectivity index (χ2v) is 4.18. The van der Waals surface area contributed by atoms with Crippen LogP contribution in [0.25, 0.3) is 0 Å². The normalized spacial score (nSPS) is 9.94. The number of ether oxygens (including phenoxy) is 1. The molecule has 0 atom stereocenters. The molecule has 0 fully saturated rings. The van der Waals surface area contributed by atoms with Gasteiger partial charge in [-0.15, -0.1) is 0 Å². The minimum absolute atomic E-state index is 0.0862. The molecule has 0 heterocycles. The fourth-order valence-electron chi connectivity index (χ4n) is 1.41. The number of anilines is 1. The number of benzene rings is 1. The van der Waals surface area contributed by atoms with Gasteiger partial charge in [-0.2, -0.15) is 0 Å². The van der Waals surface area contributed by atoms with E-state index in [4.69, 9.17) is 4.74 Å². The number of carbonyl (C=O) groups is 1. The molecule has 0 bridgehead atoms. The van der Waals surface area contributed by atoms with Crippen LogP contribution in [0.5, 0.6) is 5.75 Å². The molecule has 0 aromatic heterocycles. The molecule has 3 nitrogen and oxygen atoms in total. The lowest BCUT2D eigenvalue weighted by Crippen LogP contribution is -2.08. The summed E-state index contributed by atoms with van der Waals surface area (Å²) in [5, 5.41) is 3.68. The first-order valence-electron chi connectivity index (χ1n) is 5.26. The summed E-state index contributed by atoms with van der Waals surface area (Å²) in [5.74, 6) is 0.632. The van der Waals surface area contributed by atoms with Gasteiger partial charge in [-0.3, -0.25) is 4.79 Å². The van der Waals surface area contributed by atoms with E-state index in [1.165, 1.54) is 12.5 Å². The number of carbonyl (C=O) groups excluding carboxylic acids is 1. The molecule has 1 N–H and O–H groups in total. The highest BCUT2D eigenvalue weighted by Gasteiger charge is 2.06. The van der Waals surface area contributed by atoms with Gasteiger partial charge in [0, 0.05) is 12.3 Å². The molecule has 0 spiro atoms. The molecule has 88 valence electrons. The van der Waals surface area contributed by atoms with E-state index in [1.807, 2.05) is 25.1 Å². The Kier molecular flexibility index (Phi) is 5.32. The molecular formula is C12H16BrNO2. The molecule has 1 aromatic rings. The van der Waals surface area contributed by atoms with Crippen LogP contribution in [0.4, 0.5) is 5.69 Å². The zero-order chi connectivity index (χ0) is 12.0. The average Bonchev–Trinajstić information content (AvgIpc) is 2.22. The number of halogens is 1. The van der Waals surface area contributed by atoms with Crippen LogP contribution in [0.2, 0.25) is 0 Å². The third-order valence-electron chi connectivity index (χ3n) is 2.04. The summed E-state index contributed by atoms with van der Waals surface area (Å²) in [6.45, 7) is 4.00. The number of hydrogen-bond donors (Lipinski definition) is 1. The summed E-state index contributed by atoms with van der Waals surface area (Å²) in [4.78, 5) is 11.1. The molecule has 0 unspecified atom stereocenters. The lowest BCUT2D eigenvalue weighted by molar-refractivity contribution is -0.114. The quantitative estimate of drug-likeness (QED) is 0.845. The molecule has 1 aromatic carbocycles. The van der Waals surface area contributed by atoms with Crippen molar-refractivity contribution in [2.45, 2.75) is 20.3 Å². The van der Waals surface area contributed by atoms with Gasteiger partial charge in [-0.25, -0.2) is 0 Å². The van der Waals surface area contributed by atoms with E-state index in [1.54, 1.807) is 0 Å². The maximum atomic E-state index is 11.1. The van der Waals surface area contributed by atoms with E-state index >= 15 is 0 Å². The molecule has 1 amide bonds. The largest absolute Gasteiger partial charge is 0.492 e. The highest BCUT2D eigenvalue weighted by Crippen LogP contribution is 2.26. The Morgan fingerprint density at radius 3 is 2.81 bits per heavy atom. The first-order chi connectivity index (χ1) is 7.67. The summed E-state index contributed by atoms with van der Waals surface area (Å²) >= 11 is 3.39. The van der Waals surface area contributed by atoms with Gasteiger partial charge in [0.2, 0.25) is 5.91 Å². The van der Waals surface area contributed by atoms with Crippen molar-refractivity contribution in [2.24, 2.45) is 0 Å². The van der Waals surface area contributed by atoms with Crippen molar-refractivity contribution in [3.8, 4) is 5.75 Å². The first-order valence-corrected chi connectivity index (χ1v) is 6.38. The molecule has 16 heavy (non-hydrogen) atoms. The number of amides is 1. The van der Waals surface area contributed by atoms with E-state index in [0.717, 1.165) is 23.2 Å². The highest BCUT2D eigenvalue weighted by molar-refractivity contribution is 9.09. The molecule has 0 aliphatic heterocycles. The van der Waals surface area contributed by atoms with Crippen molar-refractivity contribution in [1.82, 2.24) is 0 Å². The number of nitrogens with one attached hydrogen (secondary N) is 1. The van der Waals surface area contributed by atoms with Crippen molar-refractivity contribution < 1.29 is 9.53 Å². The minimum atomic E-state index is -0.0862. The Morgan fingerprint density at radius 1 is 1.50 bits per heavy atom. The van der Waals surface area contributed by atoms with Crippen molar-refractivity contribution in [2.75, 3.05) is 17.3 Å². The molecule has 0 aliphatic rings. The Labute approximate surface area is 104 Å². The summed E-state index contributed by atoms with van der Waals surface area (Å²) in [5.41, 5.74) is 1.91. The Morgan fingerprint density at radius 2 is 2.25 bits per heavy atom. The fraction of sp³-hybridized carbons (Fsp3) is 0.417. The van der Waals surface area contributed by atoms with Crippen LogP contribution in [0.3, 0.4) is 0 Å². The van der Waals surface area contributed by atoms with Crippen molar-refractivity contribution in [3.05, 3.63) is 23.8 Å². The molecule has 0 saturated carbocycles. The predicted molar refractivity (Wildman–Crippen MR) is 69.4 cm³/mol. The monoisotopic (exact) mass is 285 g/mol. The first kappa shape index (κ1) is 13.0. The van der Waals surface area contributed by atoms with Crippen LogP contribution in [-0.2, 0) is 11.2 Å². The van der Waals surface area contributed by atoms with Crippen molar-refractivity contribution in [1.29, 1.82) is 0 Å². The molecule has 0 radical (unpaired) electrons. The van der Waals surface area contributed by atoms with E-state index < -0.39 is 0 Å². The van der Waals surface area contributed by atoms with Gasteiger partial charge in [-0.1, -0.05) is 22.0 Å². The summed E-state index contributed by atoms with van der Waals surface area (Å²) in [6, 6.07) is 5.86. The number of hydrogen-bond acceptors (Lipinski definition) is 2. The number of rotatable bonds is 5. The van der Waals surface area contributed by atoms with E-state index in [0.29, 0.717) is 6.61 Å². The topological polar surface area (TPSA) is 38.3 Å². The second-order valence-electron chi connectivity index (χ2n) is 3.38. The molecule has 1 rings (SSSR count). The van der Waals surface area contributed by atoms with Gasteiger partial charge in [0.25, 0.3) is 0 Å². The maximum Gasteiger partial charge on any atom is 0.221 e. The zero-order valence-electron chi connectivity index (χ0n) is 9.55. The molecular weight excluding hydrogens is 270 g/mol. The van der Waals surface area contributed by atoms with Gasteiger partial charge in [0.15, 0.2) is 0 Å². The average molecular weight is 286 g/mol. The van der Waals surface area contributed by atoms with Crippen LogP contribution in [0.1, 0.15) is 19.4 Å². The third-order valence-corrected chi connectivity index (χ3v) is 2.43. The van der Waals surface area contributed by atoms with Gasteiger partial charge >= 0.3 is 0 Å². The lowest BCUT2D eigenvalue weighted by Gasteiger charge is -2.12. The van der Waals surface area contributed by atoms with Crippen molar-refractivity contribution >= 4 is 27.5 Å². The molecule has 4 heteroatoms. The SMILES string of the molecule is CCOc1ccc(CCBr)cc1NC(C)=O. The highest BCUT2D eigenvalue weighted by atomic mass is 79.9. The Hall–Kier alpha value is -1.03. The standard InChI is InChI=1S/C12H16BrNO2/c1-3-16-12-5-4-10(6-7-13)8-11(12)14-9(2)15/h4-5,8H,3,6-7H2,1-2H3,(H,14,15). The van der Waals surface area contributed by atoms with Gasteiger partial charge in [0.05, 0.1) is 12.3 Å². The summed E-state index contributed by atoms with van der Waals surface area (Å²) in [6.07, 6.45) is 0.930. The lowest BCUT2D eigenvalue weighted by atomic mass is 10.1. The van der Waals surface area contributed by atoms with Crippen molar-refractivity contribution in [3.63, 3.8) is 0 Å². The van der Waals surface area contributed by atoms with Crippen LogP contribution in [0.15, 0.2) is 18.2 Å². The van der Waals surface area contributed by atoms with Gasteiger partial charge < -0.3 is 10.1 Å². The van der Waals surface area contributed by atoms with E-state index in [9.17, 15) is 4.79 Å². The van der Waals surface area contributed by atoms with E-state index in [2.05, 4.69) is 21.2 Å². The second kappa shape index (κ2) is 6.53. The van der Waals surface area contributed by atoms with Crippen LogP contribution < -0.4 is 10.1 Å². The number of alkyl halides is 1. The predicted octanol–water partition coefficient (Wildman–Crippen LogP) is 2.98. The minimum Gasteiger partial charge on any atom is -0.492 e. The molecule has 0 saturated heterocycles. The fourth-order valence-corrected chi connectivity index (χ4v) is 1.87. The Balaban J connectivity index is 2.95. The third kappa shape index (κ3) is 3.85. The number of aryl methyl sites for hydroxylation is 1. The van der Waals surface area contributed by atoms with Gasteiger partial charge in [0.1, 0.15) is 5.75 Å². The zero-order valence-corrected chi connectivity index (χ0v) is 11.1.